The molecular weight excluding hydrogens is 280 g/mol. The first-order valence-electron chi connectivity index (χ1n) is 6.35. The summed E-state index contributed by atoms with van der Waals surface area (Å²) < 4.78 is 4.99. The van der Waals surface area contributed by atoms with Crippen molar-refractivity contribution in [2.24, 2.45) is 0 Å². The van der Waals surface area contributed by atoms with E-state index in [-0.39, 0.29) is 6.61 Å². The highest BCUT2D eigenvalue weighted by Crippen LogP contribution is 2.17. The van der Waals surface area contributed by atoms with Gasteiger partial charge in [0.25, 0.3) is 0 Å². The van der Waals surface area contributed by atoms with Crippen molar-refractivity contribution in [1.29, 1.82) is 0 Å². The first-order valence-corrected chi connectivity index (χ1v) is 6.89. The second kappa shape index (κ2) is 8.38. The van der Waals surface area contributed by atoms with Gasteiger partial charge in [0.05, 0.1) is 12.2 Å². The van der Waals surface area contributed by atoms with Crippen LogP contribution in [0.5, 0.6) is 0 Å². The van der Waals surface area contributed by atoms with E-state index in [0.717, 1.165) is 24.5 Å². The molecule has 1 aromatic rings. The number of hydrogen-bond acceptors (Lipinski definition) is 3. The molecule has 108 valence electrons. The molecule has 0 radical (unpaired) electrons. The molecule has 1 aromatic carbocycles. The second-order valence-corrected chi connectivity index (χ2v) is 4.48. The van der Waals surface area contributed by atoms with Crippen LogP contribution >= 0.6 is 11.6 Å². The zero-order chi connectivity index (χ0) is 15.0. The lowest BCUT2D eigenvalue weighted by Crippen LogP contribution is -2.07. The van der Waals surface area contributed by atoms with E-state index in [9.17, 15) is 9.59 Å². The van der Waals surface area contributed by atoms with E-state index < -0.39 is 11.9 Å². The SMILES string of the molecule is CCOC(=O)c1cc(CCCCl)ccc1/C=C/C(=O)O. The molecule has 0 spiro atoms. The standard InChI is InChI=1S/C15H17ClO4/c1-2-20-15(19)13-10-11(4-3-9-16)5-6-12(13)7-8-14(17)18/h5-8,10H,2-4,9H2,1H3,(H,17,18)/b8-7+. The Balaban J connectivity index is 3.08. The third kappa shape index (κ3) is 5.05. The van der Waals surface area contributed by atoms with E-state index in [1.54, 1.807) is 19.1 Å². The second-order valence-electron chi connectivity index (χ2n) is 4.11. The summed E-state index contributed by atoms with van der Waals surface area (Å²) in [6.07, 6.45) is 3.96. The Kier molecular flexibility index (Phi) is 6.81. The number of carbonyl (C=O) groups is 2. The molecule has 0 heterocycles. The molecule has 0 aromatic heterocycles. The van der Waals surface area contributed by atoms with Gasteiger partial charge in [-0.15, -0.1) is 11.6 Å². The largest absolute Gasteiger partial charge is 0.478 e. The van der Waals surface area contributed by atoms with Crippen molar-refractivity contribution in [2.75, 3.05) is 12.5 Å². The smallest absolute Gasteiger partial charge is 0.338 e. The summed E-state index contributed by atoms with van der Waals surface area (Å²) in [5.41, 5.74) is 1.87. The van der Waals surface area contributed by atoms with Crippen LogP contribution in [0.4, 0.5) is 0 Å². The summed E-state index contributed by atoms with van der Waals surface area (Å²) in [5.74, 6) is -0.966. The molecule has 1 rings (SSSR count). The number of rotatable bonds is 7. The number of carboxylic acids is 1. The Morgan fingerprint density at radius 3 is 2.75 bits per heavy atom. The minimum absolute atomic E-state index is 0.271. The molecule has 0 aliphatic carbocycles. The van der Waals surface area contributed by atoms with E-state index in [0.29, 0.717) is 17.0 Å². The van der Waals surface area contributed by atoms with Crippen molar-refractivity contribution < 1.29 is 19.4 Å². The number of aryl methyl sites for hydroxylation is 1. The average molecular weight is 297 g/mol. The van der Waals surface area contributed by atoms with Gasteiger partial charge in [-0.25, -0.2) is 9.59 Å². The van der Waals surface area contributed by atoms with Crippen LogP contribution in [0.2, 0.25) is 0 Å². The van der Waals surface area contributed by atoms with Gasteiger partial charge in [0.2, 0.25) is 0 Å². The van der Waals surface area contributed by atoms with Gasteiger partial charge in [0.15, 0.2) is 0 Å². The number of hydrogen-bond donors (Lipinski definition) is 1. The van der Waals surface area contributed by atoms with E-state index in [4.69, 9.17) is 21.4 Å². The molecule has 0 atom stereocenters. The number of carbonyl (C=O) groups excluding carboxylic acids is 1. The van der Waals surface area contributed by atoms with Crippen LogP contribution < -0.4 is 0 Å². The Morgan fingerprint density at radius 2 is 2.15 bits per heavy atom. The van der Waals surface area contributed by atoms with Crippen LogP contribution in [0, 0.1) is 0 Å². The molecule has 0 saturated heterocycles. The normalized spacial score (nSPS) is 10.7. The highest BCUT2D eigenvalue weighted by Gasteiger charge is 2.12. The molecule has 0 bridgehead atoms. The molecule has 0 saturated carbocycles. The first-order chi connectivity index (χ1) is 9.58. The highest BCUT2D eigenvalue weighted by atomic mass is 35.5. The molecule has 20 heavy (non-hydrogen) atoms. The van der Waals surface area contributed by atoms with Crippen LogP contribution in [0.25, 0.3) is 6.08 Å². The zero-order valence-electron chi connectivity index (χ0n) is 11.3. The lowest BCUT2D eigenvalue weighted by Gasteiger charge is -2.08. The maximum Gasteiger partial charge on any atom is 0.338 e. The van der Waals surface area contributed by atoms with Crippen molar-refractivity contribution >= 4 is 29.6 Å². The minimum Gasteiger partial charge on any atom is -0.478 e. The Bertz CT molecular complexity index is 509. The summed E-state index contributed by atoms with van der Waals surface area (Å²) in [5, 5.41) is 8.66. The summed E-state index contributed by atoms with van der Waals surface area (Å²) in [7, 11) is 0. The zero-order valence-corrected chi connectivity index (χ0v) is 12.0. The molecule has 0 fully saturated rings. The monoisotopic (exact) mass is 296 g/mol. The van der Waals surface area contributed by atoms with Gasteiger partial charge in [-0.1, -0.05) is 12.1 Å². The molecule has 4 nitrogen and oxygen atoms in total. The van der Waals surface area contributed by atoms with Gasteiger partial charge in [-0.05, 0) is 43.0 Å². The lowest BCUT2D eigenvalue weighted by molar-refractivity contribution is -0.131. The van der Waals surface area contributed by atoms with E-state index in [1.165, 1.54) is 6.08 Å². The summed E-state index contributed by atoms with van der Waals surface area (Å²) in [4.78, 5) is 22.5. The topological polar surface area (TPSA) is 63.6 Å². The minimum atomic E-state index is -1.06. The maximum atomic E-state index is 11.9. The molecule has 0 unspecified atom stereocenters. The molecule has 1 N–H and O–H groups in total. The van der Waals surface area contributed by atoms with Crippen molar-refractivity contribution in [3.63, 3.8) is 0 Å². The lowest BCUT2D eigenvalue weighted by atomic mass is 10.0. The van der Waals surface area contributed by atoms with Crippen LogP contribution in [0.1, 0.15) is 34.8 Å². The van der Waals surface area contributed by atoms with Crippen LogP contribution in [-0.4, -0.2) is 29.5 Å². The molecule has 0 aliphatic heterocycles. The van der Waals surface area contributed by atoms with Crippen molar-refractivity contribution in [2.45, 2.75) is 19.8 Å². The average Bonchev–Trinajstić information content (AvgIpc) is 2.43. The Hall–Kier alpha value is -1.81. The quantitative estimate of drug-likeness (QED) is 0.477. The number of esters is 1. The van der Waals surface area contributed by atoms with E-state index in [1.807, 2.05) is 6.07 Å². The Labute approximate surface area is 123 Å². The maximum absolute atomic E-state index is 11.9. The van der Waals surface area contributed by atoms with E-state index in [2.05, 4.69) is 0 Å². The highest BCUT2D eigenvalue weighted by molar-refractivity contribution is 6.17. The Morgan fingerprint density at radius 1 is 1.40 bits per heavy atom. The molecular formula is C15H17ClO4. The molecule has 5 heteroatoms. The van der Waals surface area contributed by atoms with Gasteiger partial charge in [-0.2, -0.15) is 0 Å². The number of carboxylic acid groups (broad SMARTS) is 1. The third-order valence-corrected chi connectivity index (χ3v) is 2.88. The van der Waals surface area contributed by atoms with E-state index >= 15 is 0 Å². The van der Waals surface area contributed by atoms with Gasteiger partial charge in [-0.3, -0.25) is 0 Å². The van der Waals surface area contributed by atoms with Crippen LogP contribution in [-0.2, 0) is 16.0 Å². The fourth-order valence-corrected chi connectivity index (χ4v) is 1.86. The first kappa shape index (κ1) is 16.2. The summed E-state index contributed by atoms with van der Waals surface area (Å²) in [6, 6.07) is 5.30. The van der Waals surface area contributed by atoms with Crippen molar-refractivity contribution in [3.05, 3.63) is 41.0 Å². The number of benzene rings is 1. The third-order valence-electron chi connectivity index (χ3n) is 2.62. The predicted molar refractivity (Wildman–Crippen MR) is 78.1 cm³/mol. The van der Waals surface area contributed by atoms with Crippen LogP contribution in [0.15, 0.2) is 24.3 Å². The van der Waals surface area contributed by atoms with Crippen molar-refractivity contribution in [3.8, 4) is 0 Å². The predicted octanol–water partition coefficient (Wildman–Crippen LogP) is 3.13. The molecule has 0 aliphatic rings. The fourth-order valence-electron chi connectivity index (χ4n) is 1.72. The summed E-state index contributed by atoms with van der Waals surface area (Å²) in [6.45, 7) is 1.99. The number of alkyl halides is 1. The number of ether oxygens (including phenoxy) is 1. The van der Waals surface area contributed by atoms with Gasteiger partial charge < -0.3 is 9.84 Å². The van der Waals surface area contributed by atoms with Crippen LogP contribution in [0.3, 0.4) is 0 Å². The number of halogens is 1. The number of aliphatic carboxylic acids is 1. The van der Waals surface area contributed by atoms with Crippen molar-refractivity contribution in [1.82, 2.24) is 0 Å². The van der Waals surface area contributed by atoms with Gasteiger partial charge in [0.1, 0.15) is 0 Å². The summed E-state index contributed by atoms with van der Waals surface area (Å²) >= 11 is 5.65. The van der Waals surface area contributed by atoms with Gasteiger partial charge in [0, 0.05) is 12.0 Å². The fraction of sp³-hybridized carbons (Fsp3) is 0.333. The molecule has 0 amide bonds. The van der Waals surface area contributed by atoms with Gasteiger partial charge >= 0.3 is 11.9 Å².